The second-order valence-electron chi connectivity index (χ2n) is 5.65. The summed E-state index contributed by atoms with van der Waals surface area (Å²) in [5, 5.41) is 9.42. The molecule has 0 aromatic carbocycles. The molecule has 2 N–H and O–H groups in total. The first-order chi connectivity index (χ1) is 9.87. The fourth-order valence-electron chi connectivity index (χ4n) is 1.58. The number of alkyl carbamates (subject to hydrolysis) is 1. The highest BCUT2D eigenvalue weighted by Crippen LogP contribution is 2.06. The summed E-state index contributed by atoms with van der Waals surface area (Å²) < 4.78 is 6.88. The van der Waals surface area contributed by atoms with Gasteiger partial charge in [0, 0.05) is 38.4 Å². The number of aromatic nitrogens is 2. The van der Waals surface area contributed by atoms with Crippen molar-refractivity contribution in [2.75, 3.05) is 13.1 Å². The van der Waals surface area contributed by atoms with E-state index in [1.165, 1.54) is 0 Å². The van der Waals surface area contributed by atoms with Crippen molar-refractivity contribution in [3.05, 3.63) is 18.5 Å². The highest BCUT2D eigenvalue weighted by Gasteiger charge is 2.15. The van der Waals surface area contributed by atoms with E-state index in [1.807, 2.05) is 16.9 Å². The summed E-state index contributed by atoms with van der Waals surface area (Å²) in [5.74, 6) is -0.0912. The first-order valence-electron chi connectivity index (χ1n) is 7.08. The predicted molar refractivity (Wildman–Crippen MR) is 78.7 cm³/mol. The number of hydrogen-bond donors (Lipinski definition) is 2. The highest BCUT2D eigenvalue weighted by atomic mass is 16.6. The van der Waals surface area contributed by atoms with Gasteiger partial charge in [0.15, 0.2) is 0 Å². The minimum atomic E-state index is -0.529. The van der Waals surface area contributed by atoms with E-state index in [0.29, 0.717) is 6.54 Å². The van der Waals surface area contributed by atoms with Gasteiger partial charge in [-0.25, -0.2) is 4.79 Å². The second kappa shape index (κ2) is 8.28. The molecule has 0 saturated carbocycles. The van der Waals surface area contributed by atoms with E-state index in [-0.39, 0.29) is 18.9 Å². The summed E-state index contributed by atoms with van der Waals surface area (Å²) in [7, 11) is 0. The largest absolute Gasteiger partial charge is 0.444 e. The maximum Gasteiger partial charge on any atom is 0.407 e. The van der Waals surface area contributed by atoms with Crippen molar-refractivity contribution in [3.63, 3.8) is 0 Å². The van der Waals surface area contributed by atoms with Crippen molar-refractivity contribution < 1.29 is 14.3 Å². The number of carbonyl (C=O) groups excluding carboxylic acids is 2. The van der Waals surface area contributed by atoms with Crippen LogP contribution in [0.2, 0.25) is 0 Å². The van der Waals surface area contributed by atoms with Gasteiger partial charge in [0.2, 0.25) is 5.91 Å². The Morgan fingerprint density at radius 3 is 2.62 bits per heavy atom. The van der Waals surface area contributed by atoms with Crippen molar-refractivity contribution >= 4 is 12.0 Å². The number of rotatable bonds is 7. The topological polar surface area (TPSA) is 85.2 Å². The first-order valence-corrected chi connectivity index (χ1v) is 7.08. The number of nitrogens with zero attached hydrogens (tertiary/aromatic N) is 2. The highest BCUT2D eigenvalue weighted by molar-refractivity contribution is 5.76. The summed E-state index contributed by atoms with van der Waals surface area (Å²) in [5.41, 5.74) is -0.529. The van der Waals surface area contributed by atoms with E-state index in [9.17, 15) is 9.59 Å². The van der Waals surface area contributed by atoms with Crippen LogP contribution in [0.1, 0.15) is 33.6 Å². The molecule has 0 aliphatic rings. The lowest BCUT2D eigenvalue weighted by Gasteiger charge is -2.19. The van der Waals surface area contributed by atoms with Gasteiger partial charge >= 0.3 is 6.09 Å². The van der Waals surface area contributed by atoms with Crippen LogP contribution < -0.4 is 10.6 Å². The predicted octanol–water partition coefficient (Wildman–Crippen LogP) is 1.30. The molecule has 7 heteroatoms. The van der Waals surface area contributed by atoms with Crippen LogP contribution in [0.15, 0.2) is 18.5 Å². The lowest BCUT2D eigenvalue weighted by atomic mass is 10.2. The molecule has 21 heavy (non-hydrogen) atoms. The Hall–Kier alpha value is -2.05. The van der Waals surface area contributed by atoms with Gasteiger partial charge in [-0.3, -0.25) is 9.48 Å². The van der Waals surface area contributed by atoms with Crippen LogP contribution in [0.25, 0.3) is 0 Å². The maximum absolute atomic E-state index is 11.5. The third kappa shape index (κ3) is 8.67. The van der Waals surface area contributed by atoms with Crippen molar-refractivity contribution in [3.8, 4) is 0 Å². The van der Waals surface area contributed by atoms with E-state index in [1.54, 1.807) is 27.0 Å². The van der Waals surface area contributed by atoms with Gasteiger partial charge < -0.3 is 15.4 Å². The summed E-state index contributed by atoms with van der Waals surface area (Å²) >= 11 is 0. The number of hydrogen-bond acceptors (Lipinski definition) is 4. The van der Waals surface area contributed by atoms with Crippen molar-refractivity contribution in [2.24, 2.45) is 0 Å². The quantitative estimate of drug-likeness (QED) is 0.743. The van der Waals surface area contributed by atoms with Crippen LogP contribution in [0, 0.1) is 0 Å². The Morgan fingerprint density at radius 2 is 2.00 bits per heavy atom. The number of amides is 2. The monoisotopic (exact) mass is 296 g/mol. The molecule has 7 nitrogen and oxygen atoms in total. The standard InChI is InChI=1S/C14H24N4O3/c1-14(2,3)21-13(20)16-9-6-12(19)15-7-4-10-18-11-5-8-17-18/h5,8,11H,4,6-7,9-10H2,1-3H3,(H,15,19)(H,16,20). The molecule has 0 aliphatic carbocycles. The molecule has 1 heterocycles. The Morgan fingerprint density at radius 1 is 1.24 bits per heavy atom. The summed E-state index contributed by atoms with van der Waals surface area (Å²) in [6.45, 7) is 6.99. The first kappa shape index (κ1) is 17.0. The van der Waals surface area contributed by atoms with Crippen LogP contribution >= 0.6 is 0 Å². The minimum Gasteiger partial charge on any atom is -0.444 e. The molecule has 1 rings (SSSR count). The number of aryl methyl sites for hydroxylation is 1. The maximum atomic E-state index is 11.5. The number of nitrogens with one attached hydrogen (secondary N) is 2. The average Bonchev–Trinajstić information content (AvgIpc) is 2.85. The minimum absolute atomic E-state index is 0.0912. The molecular weight excluding hydrogens is 272 g/mol. The zero-order chi connectivity index (χ0) is 15.7. The van der Waals surface area contributed by atoms with E-state index < -0.39 is 11.7 Å². The molecule has 0 atom stereocenters. The SMILES string of the molecule is CC(C)(C)OC(=O)NCCC(=O)NCCCn1cccn1. The molecule has 0 spiro atoms. The zero-order valence-corrected chi connectivity index (χ0v) is 12.9. The van der Waals surface area contributed by atoms with Gasteiger partial charge in [0.25, 0.3) is 0 Å². The molecule has 0 fully saturated rings. The summed E-state index contributed by atoms with van der Waals surface area (Å²) in [6.07, 6.45) is 4.15. The lowest BCUT2D eigenvalue weighted by Crippen LogP contribution is -2.35. The molecule has 2 amide bonds. The fraction of sp³-hybridized carbons (Fsp3) is 0.643. The Bertz CT molecular complexity index is 438. The van der Waals surface area contributed by atoms with Gasteiger partial charge in [-0.15, -0.1) is 0 Å². The van der Waals surface area contributed by atoms with Crippen LogP contribution in [0.4, 0.5) is 4.79 Å². The zero-order valence-electron chi connectivity index (χ0n) is 12.9. The second-order valence-corrected chi connectivity index (χ2v) is 5.65. The van der Waals surface area contributed by atoms with Crippen LogP contribution in [0.5, 0.6) is 0 Å². The van der Waals surface area contributed by atoms with E-state index >= 15 is 0 Å². The Labute approximate surface area is 125 Å². The van der Waals surface area contributed by atoms with Gasteiger partial charge in [-0.1, -0.05) is 0 Å². The molecule has 0 saturated heterocycles. The molecule has 0 radical (unpaired) electrons. The number of ether oxygens (including phenoxy) is 1. The van der Waals surface area contributed by atoms with Crippen LogP contribution in [-0.2, 0) is 16.1 Å². The van der Waals surface area contributed by atoms with E-state index in [4.69, 9.17) is 4.74 Å². The van der Waals surface area contributed by atoms with Crippen molar-refractivity contribution in [1.29, 1.82) is 0 Å². The normalized spacial score (nSPS) is 11.0. The molecule has 0 aliphatic heterocycles. The summed E-state index contributed by atoms with van der Waals surface area (Å²) in [4.78, 5) is 22.9. The van der Waals surface area contributed by atoms with E-state index in [2.05, 4.69) is 15.7 Å². The smallest absolute Gasteiger partial charge is 0.407 e. The van der Waals surface area contributed by atoms with Gasteiger partial charge in [-0.05, 0) is 33.3 Å². The van der Waals surface area contributed by atoms with Crippen LogP contribution in [-0.4, -0.2) is 40.5 Å². The third-order valence-corrected chi connectivity index (χ3v) is 2.47. The molecule has 1 aromatic heterocycles. The van der Waals surface area contributed by atoms with Crippen molar-refractivity contribution in [2.45, 2.75) is 45.8 Å². The van der Waals surface area contributed by atoms with Gasteiger partial charge in [0.05, 0.1) is 0 Å². The molecule has 1 aromatic rings. The number of carbonyl (C=O) groups is 2. The Balaban J connectivity index is 2.02. The summed E-state index contributed by atoms with van der Waals surface area (Å²) in [6, 6.07) is 1.86. The molecular formula is C14H24N4O3. The fourth-order valence-corrected chi connectivity index (χ4v) is 1.58. The average molecular weight is 296 g/mol. The lowest BCUT2D eigenvalue weighted by molar-refractivity contribution is -0.120. The Kier molecular flexibility index (Phi) is 6.71. The molecule has 118 valence electrons. The van der Waals surface area contributed by atoms with Gasteiger partial charge in [-0.2, -0.15) is 5.10 Å². The van der Waals surface area contributed by atoms with Crippen molar-refractivity contribution in [1.82, 2.24) is 20.4 Å². The molecule has 0 unspecified atom stereocenters. The molecule has 0 bridgehead atoms. The van der Waals surface area contributed by atoms with Gasteiger partial charge in [0.1, 0.15) is 5.60 Å². The van der Waals surface area contributed by atoms with E-state index in [0.717, 1.165) is 13.0 Å². The third-order valence-electron chi connectivity index (χ3n) is 2.47. The van der Waals surface area contributed by atoms with Crippen LogP contribution in [0.3, 0.4) is 0 Å².